The molecule has 1 aromatic heterocycles. The van der Waals surface area contributed by atoms with Crippen LogP contribution in [0.3, 0.4) is 0 Å². The fourth-order valence-electron chi connectivity index (χ4n) is 2.48. The summed E-state index contributed by atoms with van der Waals surface area (Å²) >= 11 is 1.57. The molecule has 3 rings (SSSR count). The summed E-state index contributed by atoms with van der Waals surface area (Å²) < 4.78 is 4.97. The Morgan fingerprint density at radius 3 is 2.15 bits per heavy atom. The fraction of sp³-hybridized carbons (Fsp3) is 0.143. The third-order valence-electron chi connectivity index (χ3n) is 3.77. The highest BCUT2D eigenvalue weighted by atomic mass is 32.1. The van der Waals surface area contributed by atoms with Gasteiger partial charge in [0.2, 0.25) is 5.91 Å². The van der Waals surface area contributed by atoms with Crippen molar-refractivity contribution >= 4 is 40.3 Å². The number of esters is 1. The van der Waals surface area contributed by atoms with E-state index in [0.29, 0.717) is 18.6 Å². The summed E-state index contributed by atoms with van der Waals surface area (Å²) in [6, 6.07) is 18.5. The monoisotopic (exact) mass is 380 g/mol. The Morgan fingerprint density at radius 2 is 1.56 bits per heavy atom. The molecule has 0 aliphatic heterocycles. The number of carbonyl (C=O) groups excluding carboxylic acids is 2. The minimum absolute atomic E-state index is 0.0345. The van der Waals surface area contributed by atoms with E-state index in [-0.39, 0.29) is 11.9 Å². The largest absolute Gasteiger partial charge is 0.462 e. The number of thiophene rings is 1. The number of hydrogen-bond donors (Lipinski definition) is 2. The number of ether oxygens (including phenoxy) is 1. The summed E-state index contributed by atoms with van der Waals surface area (Å²) in [5.74, 6) is -0.362. The van der Waals surface area contributed by atoms with Gasteiger partial charge in [0.25, 0.3) is 0 Å². The molecule has 0 bridgehead atoms. The molecule has 27 heavy (non-hydrogen) atoms. The Hall–Kier alpha value is -3.12. The number of benzene rings is 2. The van der Waals surface area contributed by atoms with Crippen LogP contribution >= 0.6 is 11.3 Å². The topological polar surface area (TPSA) is 67.4 Å². The lowest BCUT2D eigenvalue weighted by Gasteiger charge is -2.09. The van der Waals surface area contributed by atoms with Gasteiger partial charge in [-0.1, -0.05) is 6.07 Å². The first kappa shape index (κ1) is 18.7. The van der Waals surface area contributed by atoms with Crippen LogP contribution in [-0.4, -0.2) is 18.5 Å². The molecule has 0 aliphatic carbocycles. The summed E-state index contributed by atoms with van der Waals surface area (Å²) in [4.78, 5) is 24.7. The average Bonchev–Trinajstić information content (AvgIpc) is 3.17. The second-order valence-electron chi connectivity index (χ2n) is 5.80. The van der Waals surface area contributed by atoms with Gasteiger partial charge in [-0.25, -0.2) is 4.79 Å². The lowest BCUT2D eigenvalue weighted by Crippen LogP contribution is -2.13. The lowest BCUT2D eigenvalue weighted by atomic mass is 10.2. The maximum Gasteiger partial charge on any atom is 0.338 e. The van der Waals surface area contributed by atoms with E-state index in [1.165, 1.54) is 0 Å². The van der Waals surface area contributed by atoms with Crippen molar-refractivity contribution in [1.82, 2.24) is 0 Å². The molecule has 2 N–H and O–H groups in total. The van der Waals surface area contributed by atoms with E-state index in [4.69, 9.17) is 4.74 Å². The van der Waals surface area contributed by atoms with Gasteiger partial charge in [-0.05, 0) is 66.9 Å². The van der Waals surface area contributed by atoms with Crippen molar-refractivity contribution in [3.05, 3.63) is 76.5 Å². The number of anilines is 3. The molecule has 0 atom stereocenters. The first-order valence-electron chi connectivity index (χ1n) is 8.60. The van der Waals surface area contributed by atoms with Gasteiger partial charge in [0.1, 0.15) is 0 Å². The molecule has 1 heterocycles. The van der Waals surface area contributed by atoms with Crippen molar-refractivity contribution in [1.29, 1.82) is 0 Å². The van der Waals surface area contributed by atoms with E-state index in [1.807, 2.05) is 53.9 Å². The van der Waals surface area contributed by atoms with E-state index in [0.717, 1.165) is 21.9 Å². The van der Waals surface area contributed by atoms with Crippen LogP contribution in [0.1, 0.15) is 22.2 Å². The third-order valence-corrected chi connectivity index (χ3v) is 4.64. The number of carbonyl (C=O) groups is 2. The van der Waals surface area contributed by atoms with Crippen LogP contribution in [0, 0.1) is 0 Å². The highest BCUT2D eigenvalue weighted by Crippen LogP contribution is 2.20. The first-order valence-corrected chi connectivity index (χ1v) is 9.48. The van der Waals surface area contributed by atoms with Crippen LogP contribution < -0.4 is 10.6 Å². The molecule has 0 unspecified atom stereocenters. The Bertz CT molecular complexity index is 888. The van der Waals surface area contributed by atoms with Crippen molar-refractivity contribution in [2.75, 3.05) is 17.2 Å². The number of nitrogens with one attached hydrogen (secondary N) is 2. The Labute approximate surface area is 162 Å². The zero-order chi connectivity index (χ0) is 19.1. The highest BCUT2D eigenvalue weighted by molar-refractivity contribution is 7.10. The Balaban J connectivity index is 1.55. The molecule has 3 aromatic rings. The van der Waals surface area contributed by atoms with Crippen LogP contribution in [-0.2, 0) is 16.0 Å². The molecule has 6 heteroatoms. The van der Waals surface area contributed by atoms with Crippen molar-refractivity contribution in [2.45, 2.75) is 13.3 Å². The first-order chi connectivity index (χ1) is 13.1. The molecule has 0 saturated heterocycles. The van der Waals surface area contributed by atoms with Gasteiger partial charge < -0.3 is 15.4 Å². The number of amides is 1. The second kappa shape index (κ2) is 9.00. The maximum absolute atomic E-state index is 12.0. The van der Waals surface area contributed by atoms with Crippen LogP contribution in [0.2, 0.25) is 0 Å². The number of rotatable bonds is 7. The normalized spacial score (nSPS) is 10.3. The minimum Gasteiger partial charge on any atom is -0.462 e. The van der Waals surface area contributed by atoms with E-state index >= 15 is 0 Å². The second-order valence-corrected chi connectivity index (χ2v) is 6.84. The summed E-state index contributed by atoms with van der Waals surface area (Å²) in [5.41, 5.74) is 3.01. The van der Waals surface area contributed by atoms with Crippen LogP contribution in [0.5, 0.6) is 0 Å². The minimum atomic E-state index is -0.327. The van der Waals surface area contributed by atoms with E-state index in [2.05, 4.69) is 10.6 Å². The Morgan fingerprint density at radius 1 is 0.926 bits per heavy atom. The van der Waals surface area contributed by atoms with Gasteiger partial charge >= 0.3 is 5.97 Å². The van der Waals surface area contributed by atoms with E-state index in [1.54, 1.807) is 30.4 Å². The molecule has 0 spiro atoms. The summed E-state index contributed by atoms with van der Waals surface area (Å²) in [6.45, 7) is 2.14. The van der Waals surface area contributed by atoms with Crippen molar-refractivity contribution in [2.24, 2.45) is 0 Å². The van der Waals surface area contributed by atoms with Gasteiger partial charge in [0.05, 0.1) is 18.6 Å². The summed E-state index contributed by atoms with van der Waals surface area (Å²) in [5, 5.41) is 8.11. The van der Waals surface area contributed by atoms with Gasteiger partial charge in [-0.3, -0.25) is 4.79 Å². The molecule has 2 aromatic carbocycles. The zero-order valence-electron chi connectivity index (χ0n) is 14.9. The van der Waals surface area contributed by atoms with Gasteiger partial charge in [-0.15, -0.1) is 11.3 Å². The lowest BCUT2D eigenvalue weighted by molar-refractivity contribution is -0.115. The van der Waals surface area contributed by atoms with Crippen molar-refractivity contribution in [3.63, 3.8) is 0 Å². The number of hydrogen-bond acceptors (Lipinski definition) is 5. The molecule has 138 valence electrons. The fourth-order valence-corrected chi connectivity index (χ4v) is 3.19. The molecule has 0 fully saturated rings. The van der Waals surface area contributed by atoms with Crippen LogP contribution in [0.25, 0.3) is 0 Å². The quantitative estimate of drug-likeness (QED) is 0.575. The molecule has 5 nitrogen and oxygen atoms in total. The Kier molecular flexibility index (Phi) is 6.22. The van der Waals surface area contributed by atoms with E-state index < -0.39 is 0 Å². The molecule has 0 aliphatic rings. The molecule has 0 saturated carbocycles. The van der Waals surface area contributed by atoms with Gasteiger partial charge in [-0.2, -0.15) is 0 Å². The molecule has 0 radical (unpaired) electrons. The predicted octanol–water partition coefficient (Wildman–Crippen LogP) is 4.85. The van der Waals surface area contributed by atoms with E-state index in [9.17, 15) is 9.59 Å². The van der Waals surface area contributed by atoms with Crippen molar-refractivity contribution < 1.29 is 14.3 Å². The SMILES string of the molecule is CCOC(=O)c1ccc(Nc2ccc(NC(=O)Cc3cccs3)cc2)cc1. The standard InChI is InChI=1S/C21H20N2O3S/c1-2-26-21(25)15-5-7-16(8-6-15)22-17-9-11-18(12-10-17)23-20(24)14-19-4-3-13-27-19/h3-13,22H,2,14H2,1H3,(H,23,24). The van der Waals surface area contributed by atoms with Gasteiger partial charge in [0, 0.05) is 21.9 Å². The molecule has 1 amide bonds. The van der Waals surface area contributed by atoms with Crippen LogP contribution in [0.15, 0.2) is 66.0 Å². The molecular weight excluding hydrogens is 360 g/mol. The highest BCUT2D eigenvalue weighted by Gasteiger charge is 2.07. The maximum atomic E-state index is 12.0. The summed E-state index contributed by atoms with van der Waals surface area (Å²) in [7, 11) is 0. The van der Waals surface area contributed by atoms with Crippen LogP contribution in [0.4, 0.5) is 17.1 Å². The average molecular weight is 380 g/mol. The zero-order valence-corrected chi connectivity index (χ0v) is 15.7. The van der Waals surface area contributed by atoms with Gasteiger partial charge in [0.15, 0.2) is 0 Å². The summed E-state index contributed by atoms with van der Waals surface area (Å²) in [6.07, 6.45) is 0.379. The third kappa shape index (κ3) is 5.43. The predicted molar refractivity (Wildman–Crippen MR) is 109 cm³/mol. The van der Waals surface area contributed by atoms with Crippen molar-refractivity contribution in [3.8, 4) is 0 Å². The smallest absolute Gasteiger partial charge is 0.338 e. The molecular formula is C21H20N2O3S.